The molecule has 0 atom stereocenters. The molecule has 0 radical (unpaired) electrons. The fraction of sp³-hybridized carbons (Fsp3) is 0.192. The van der Waals surface area contributed by atoms with Gasteiger partial charge in [0.25, 0.3) is 0 Å². The minimum absolute atomic E-state index is 0.0777. The smallest absolute Gasteiger partial charge is 0.233 e. The maximum absolute atomic E-state index is 13.4. The second-order valence-corrected chi connectivity index (χ2v) is 10.1. The fourth-order valence-electron chi connectivity index (χ4n) is 3.58. The number of halogens is 1. The molecule has 0 unspecified atom stereocenters. The molecule has 0 fully saturated rings. The Morgan fingerprint density at radius 3 is 2.40 bits per heavy atom. The van der Waals surface area contributed by atoms with Gasteiger partial charge in [-0.3, -0.25) is 0 Å². The largest absolute Gasteiger partial charge is 0.493 e. The number of rotatable bonds is 9. The summed E-state index contributed by atoms with van der Waals surface area (Å²) >= 11 is 5.95. The highest BCUT2D eigenvalue weighted by molar-refractivity contribution is 7.91. The van der Waals surface area contributed by atoms with E-state index in [2.05, 4.69) is 10.3 Å². The highest BCUT2D eigenvalue weighted by Gasteiger charge is 2.28. The third-order valence-corrected chi connectivity index (χ3v) is 7.32. The van der Waals surface area contributed by atoms with E-state index in [1.807, 2.05) is 49.4 Å². The standard InChI is InChI=1S/C26H25ClN2O5S/c1-17-5-4-6-19(15-17)24-29-26(35(30,31)21-10-8-20(27)9-11-21)25(34-24)28-14-13-18-7-12-22(32-2)23(16-18)33-3/h4-12,15-16,28H,13-14H2,1-3H3. The molecule has 7 nitrogen and oxygen atoms in total. The summed E-state index contributed by atoms with van der Waals surface area (Å²) in [4.78, 5) is 4.46. The van der Waals surface area contributed by atoms with Crippen LogP contribution < -0.4 is 14.8 Å². The highest BCUT2D eigenvalue weighted by Crippen LogP contribution is 2.33. The van der Waals surface area contributed by atoms with Crippen LogP contribution in [0.5, 0.6) is 11.5 Å². The molecule has 0 aliphatic rings. The second kappa shape index (κ2) is 10.4. The van der Waals surface area contributed by atoms with Gasteiger partial charge in [0.05, 0.1) is 19.1 Å². The molecule has 1 N–H and O–H groups in total. The van der Waals surface area contributed by atoms with Crippen molar-refractivity contribution in [2.75, 3.05) is 26.1 Å². The SMILES string of the molecule is COc1ccc(CCNc2oc(-c3cccc(C)c3)nc2S(=O)(=O)c2ccc(Cl)cc2)cc1OC. The summed E-state index contributed by atoms with van der Waals surface area (Å²) in [7, 11) is -0.802. The molecule has 35 heavy (non-hydrogen) atoms. The quantitative estimate of drug-likeness (QED) is 0.302. The van der Waals surface area contributed by atoms with Crippen LogP contribution in [0.25, 0.3) is 11.5 Å². The van der Waals surface area contributed by atoms with E-state index in [0.29, 0.717) is 35.1 Å². The zero-order valence-electron chi connectivity index (χ0n) is 19.5. The van der Waals surface area contributed by atoms with E-state index in [-0.39, 0.29) is 21.7 Å². The fourth-order valence-corrected chi connectivity index (χ4v) is 4.99. The van der Waals surface area contributed by atoms with E-state index in [9.17, 15) is 8.42 Å². The van der Waals surface area contributed by atoms with Crippen molar-refractivity contribution < 1.29 is 22.3 Å². The number of nitrogens with one attached hydrogen (secondary N) is 1. The van der Waals surface area contributed by atoms with Crippen molar-refractivity contribution >= 4 is 27.3 Å². The summed E-state index contributed by atoms with van der Waals surface area (Å²) in [6.07, 6.45) is 0.585. The average molecular weight is 513 g/mol. The molecule has 4 aromatic rings. The lowest BCUT2D eigenvalue weighted by atomic mass is 10.1. The third-order valence-electron chi connectivity index (χ3n) is 5.39. The van der Waals surface area contributed by atoms with Gasteiger partial charge in [-0.1, -0.05) is 35.4 Å². The molecule has 0 bridgehead atoms. The van der Waals surface area contributed by atoms with Crippen LogP contribution >= 0.6 is 11.6 Å². The molecular weight excluding hydrogens is 488 g/mol. The van der Waals surface area contributed by atoms with E-state index in [1.54, 1.807) is 14.2 Å². The van der Waals surface area contributed by atoms with Crippen LogP contribution in [0.4, 0.5) is 5.88 Å². The molecule has 1 aromatic heterocycles. The molecule has 9 heteroatoms. The summed E-state index contributed by atoms with van der Waals surface area (Å²) in [5.41, 5.74) is 2.67. The van der Waals surface area contributed by atoms with Gasteiger partial charge in [0.15, 0.2) is 11.5 Å². The van der Waals surface area contributed by atoms with Gasteiger partial charge >= 0.3 is 0 Å². The number of methoxy groups -OCH3 is 2. The first-order valence-corrected chi connectivity index (χ1v) is 12.7. The van der Waals surface area contributed by atoms with E-state index >= 15 is 0 Å². The number of sulfone groups is 1. The van der Waals surface area contributed by atoms with Crippen LogP contribution in [0.3, 0.4) is 0 Å². The molecule has 4 rings (SSSR count). The van der Waals surface area contributed by atoms with Gasteiger partial charge in [-0.25, -0.2) is 8.42 Å². The summed E-state index contributed by atoms with van der Waals surface area (Å²) in [6, 6.07) is 19.1. The Kier molecular flexibility index (Phi) is 7.33. The van der Waals surface area contributed by atoms with Crippen LogP contribution in [-0.2, 0) is 16.3 Å². The summed E-state index contributed by atoms with van der Waals surface area (Å²) < 4.78 is 43.4. The molecule has 182 valence electrons. The number of benzene rings is 3. The average Bonchev–Trinajstić information content (AvgIpc) is 3.29. The van der Waals surface area contributed by atoms with Gasteiger partial charge < -0.3 is 19.2 Å². The number of anilines is 1. The number of hydrogen-bond donors (Lipinski definition) is 1. The van der Waals surface area contributed by atoms with Crippen molar-refractivity contribution in [3.8, 4) is 23.0 Å². The molecule has 0 saturated carbocycles. The number of ether oxygens (including phenoxy) is 2. The summed E-state index contributed by atoms with van der Waals surface area (Å²) in [5.74, 6) is 1.56. The number of hydrogen-bond acceptors (Lipinski definition) is 7. The number of aromatic nitrogens is 1. The number of aryl methyl sites for hydroxylation is 1. The van der Waals surface area contributed by atoms with Crippen LogP contribution in [0, 0.1) is 6.92 Å². The Morgan fingerprint density at radius 2 is 1.71 bits per heavy atom. The Morgan fingerprint density at radius 1 is 0.971 bits per heavy atom. The van der Waals surface area contributed by atoms with Gasteiger partial charge in [0, 0.05) is 17.1 Å². The second-order valence-electron chi connectivity index (χ2n) is 7.85. The zero-order valence-corrected chi connectivity index (χ0v) is 21.1. The molecular formula is C26H25ClN2O5S. The van der Waals surface area contributed by atoms with Gasteiger partial charge in [0.2, 0.25) is 26.6 Å². The monoisotopic (exact) mass is 512 g/mol. The molecule has 0 aliphatic carbocycles. The van der Waals surface area contributed by atoms with E-state index in [1.165, 1.54) is 24.3 Å². The van der Waals surface area contributed by atoms with Crippen LogP contribution in [-0.4, -0.2) is 34.2 Å². The van der Waals surface area contributed by atoms with Gasteiger partial charge in [-0.05, 0) is 67.4 Å². The normalized spacial score (nSPS) is 11.3. The lowest BCUT2D eigenvalue weighted by Gasteiger charge is -2.10. The maximum atomic E-state index is 13.4. The lowest BCUT2D eigenvalue weighted by molar-refractivity contribution is 0.354. The molecule has 0 spiro atoms. The van der Waals surface area contributed by atoms with Crippen LogP contribution in [0.1, 0.15) is 11.1 Å². The Bertz CT molecular complexity index is 1430. The van der Waals surface area contributed by atoms with Crippen LogP contribution in [0.2, 0.25) is 5.02 Å². The summed E-state index contributed by atoms with van der Waals surface area (Å²) in [5, 5.41) is 3.38. The van der Waals surface area contributed by atoms with E-state index in [0.717, 1.165) is 11.1 Å². The first kappa shape index (κ1) is 24.6. The molecule has 1 heterocycles. The zero-order chi connectivity index (χ0) is 25.0. The molecule has 3 aromatic carbocycles. The molecule has 0 aliphatic heterocycles. The third kappa shape index (κ3) is 5.44. The van der Waals surface area contributed by atoms with Crippen molar-refractivity contribution in [3.05, 3.63) is 82.9 Å². The van der Waals surface area contributed by atoms with Gasteiger partial charge in [-0.15, -0.1) is 0 Å². The van der Waals surface area contributed by atoms with Crippen LogP contribution in [0.15, 0.2) is 81.1 Å². The first-order chi connectivity index (χ1) is 16.8. The maximum Gasteiger partial charge on any atom is 0.233 e. The Balaban J connectivity index is 1.65. The first-order valence-electron chi connectivity index (χ1n) is 10.8. The molecule has 0 amide bonds. The minimum atomic E-state index is -3.96. The van der Waals surface area contributed by atoms with Crippen molar-refractivity contribution in [3.63, 3.8) is 0 Å². The lowest BCUT2D eigenvalue weighted by Crippen LogP contribution is -2.10. The summed E-state index contributed by atoms with van der Waals surface area (Å²) in [6.45, 7) is 2.35. The number of oxazole rings is 1. The van der Waals surface area contributed by atoms with Crippen molar-refractivity contribution in [2.24, 2.45) is 0 Å². The van der Waals surface area contributed by atoms with Gasteiger partial charge in [-0.2, -0.15) is 4.98 Å². The predicted molar refractivity (Wildman–Crippen MR) is 135 cm³/mol. The van der Waals surface area contributed by atoms with Crippen molar-refractivity contribution in [1.82, 2.24) is 4.98 Å². The van der Waals surface area contributed by atoms with Gasteiger partial charge in [0.1, 0.15) is 0 Å². The molecule has 0 saturated heterocycles. The number of nitrogens with zero attached hydrogens (tertiary/aromatic N) is 1. The minimum Gasteiger partial charge on any atom is -0.493 e. The van der Waals surface area contributed by atoms with Crippen molar-refractivity contribution in [1.29, 1.82) is 0 Å². The Hall–Kier alpha value is -3.49. The van der Waals surface area contributed by atoms with E-state index in [4.69, 9.17) is 25.5 Å². The van der Waals surface area contributed by atoms with E-state index < -0.39 is 9.84 Å². The Labute approximate surface area is 209 Å². The van der Waals surface area contributed by atoms with Crippen molar-refractivity contribution in [2.45, 2.75) is 23.3 Å². The highest BCUT2D eigenvalue weighted by atomic mass is 35.5. The predicted octanol–water partition coefficient (Wildman–Crippen LogP) is 5.81. The topological polar surface area (TPSA) is 90.7 Å².